The number of benzene rings is 3. The molecule has 0 spiro atoms. The van der Waals surface area contributed by atoms with E-state index in [1.165, 1.54) is 18.2 Å². The molecule has 3 nitrogen and oxygen atoms in total. The molecule has 144 valence electrons. The fourth-order valence-electron chi connectivity index (χ4n) is 2.69. The van der Waals surface area contributed by atoms with Crippen LogP contribution in [0.4, 0.5) is 18.9 Å². The fourth-order valence-corrected chi connectivity index (χ4v) is 2.69. The second-order valence-corrected chi connectivity index (χ2v) is 6.19. The zero-order chi connectivity index (χ0) is 20.9. The molecule has 0 aromatic heterocycles. The molecular weight excluding hydrogens is 377 g/mol. The Morgan fingerprint density at radius 3 is 2.17 bits per heavy atom. The van der Waals surface area contributed by atoms with Crippen molar-refractivity contribution < 1.29 is 18.0 Å². The molecule has 0 heterocycles. The molecular formula is C23H15F3N2O. The van der Waals surface area contributed by atoms with Crippen molar-refractivity contribution in [3.8, 4) is 17.2 Å². The van der Waals surface area contributed by atoms with Gasteiger partial charge in [-0.25, -0.2) is 0 Å². The number of nitrogens with zero attached hydrogens (tertiary/aromatic N) is 1. The van der Waals surface area contributed by atoms with E-state index >= 15 is 0 Å². The Labute approximate surface area is 165 Å². The Balaban J connectivity index is 1.78. The smallest absolute Gasteiger partial charge is 0.321 e. The van der Waals surface area contributed by atoms with Crippen LogP contribution in [0.3, 0.4) is 0 Å². The Morgan fingerprint density at radius 2 is 1.55 bits per heavy atom. The van der Waals surface area contributed by atoms with Crippen molar-refractivity contribution in [1.82, 2.24) is 0 Å². The van der Waals surface area contributed by atoms with Gasteiger partial charge in [0, 0.05) is 5.69 Å². The van der Waals surface area contributed by atoms with Gasteiger partial charge in [-0.05, 0) is 41.0 Å². The number of nitriles is 1. The van der Waals surface area contributed by atoms with Crippen molar-refractivity contribution in [2.45, 2.75) is 6.18 Å². The van der Waals surface area contributed by atoms with E-state index in [9.17, 15) is 23.2 Å². The number of nitrogens with one attached hydrogen (secondary N) is 1. The molecule has 0 fully saturated rings. The van der Waals surface area contributed by atoms with E-state index in [2.05, 4.69) is 5.32 Å². The van der Waals surface area contributed by atoms with E-state index in [1.54, 1.807) is 18.2 Å². The van der Waals surface area contributed by atoms with Gasteiger partial charge in [0.25, 0.3) is 5.91 Å². The maximum atomic E-state index is 12.8. The normalized spacial score (nSPS) is 11.6. The highest BCUT2D eigenvalue weighted by atomic mass is 19.4. The van der Waals surface area contributed by atoms with Crippen LogP contribution in [-0.2, 0) is 11.0 Å². The fraction of sp³-hybridized carbons (Fsp3) is 0.0435. The summed E-state index contributed by atoms with van der Waals surface area (Å²) in [6.07, 6.45) is -3.13. The second kappa shape index (κ2) is 8.44. The van der Waals surface area contributed by atoms with Crippen LogP contribution in [0.1, 0.15) is 11.1 Å². The first-order chi connectivity index (χ1) is 13.9. The van der Waals surface area contributed by atoms with Crippen molar-refractivity contribution in [3.63, 3.8) is 0 Å². The standard InChI is InChI=1S/C23H15F3N2O/c24-23(25,26)20-7-4-8-21(14-20)28-22(29)19(15-27)13-16-9-11-18(12-10-16)17-5-2-1-3-6-17/h1-14H,(H,28,29). The van der Waals surface area contributed by atoms with E-state index in [0.29, 0.717) is 5.56 Å². The highest BCUT2D eigenvalue weighted by Gasteiger charge is 2.30. The summed E-state index contributed by atoms with van der Waals surface area (Å²) in [5.74, 6) is -0.779. The van der Waals surface area contributed by atoms with Crippen molar-refractivity contribution >= 4 is 17.7 Å². The SMILES string of the molecule is N#CC(=Cc1ccc(-c2ccccc2)cc1)C(=O)Nc1cccc(C(F)(F)F)c1. The van der Waals surface area contributed by atoms with Crippen molar-refractivity contribution in [1.29, 1.82) is 5.26 Å². The summed E-state index contributed by atoms with van der Waals surface area (Å²) in [7, 11) is 0. The molecule has 0 aliphatic carbocycles. The van der Waals surface area contributed by atoms with Gasteiger partial charge in [-0.1, -0.05) is 60.7 Å². The molecule has 1 N–H and O–H groups in total. The molecule has 0 radical (unpaired) electrons. The molecule has 6 heteroatoms. The molecule has 0 saturated heterocycles. The van der Waals surface area contributed by atoms with Gasteiger partial charge < -0.3 is 5.32 Å². The van der Waals surface area contributed by atoms with Gasteiger partial charge in [-0.2, -0.15) is 18.4 Å². The zero-order valence-corrected chi connectivity index (χ0v) is 15.1. The van der Waals surface area contributed by atoms with E-state index in [0.717, 1.165) is 23.3 Å². The summed E-state index contributed by atoms with van der Waals surface area (Å²) in [6, 6.07) is 23.0. The number of rotatable bonds is 4. The number of hydrogen-bond donors (Lipinski definition) is 1. The third-order valence-electron chi connectivity index (χ3n) is 4.14. The molecule has 29 heavy (non-hydrogen) atoms. The molecule has 0 saturated carbocycles. The summed E-state index contributed by atoms with van der Waals surface area (Å²) < 4.78 is 38.4. The van der Waals surface area contributed by atoms with E-state index < -0.39 is 17.6 Å². The summed E-state index contributed by atoms with van der Waals surface area (Å²) in [5.41, 5.74) is 1.51. The van der Waals surface area contributed by atoms with Gasteiger partial charge >= 0.3 is 6.18 Å². The van der Waals surface area contributed by atoms with Gasteiger partial charge in [0.15, 0.2) is 0 Å². The third kappa shape index (κ3) is 5.11. The lowest BCUT2D eigenvalue weighted by Gasteiger charge is -2.09. The van der Waals surface area contributed by atoms with Gasteiger partial charge in [0.2, 0.25) is 0 Å². The van der Waals surface area contributed by atoms with Crippen LogP contribution in [-0.4, -0.2) is 5.91 Å². The monoisotopic (exact) mass is 392 g/mol. The minimum Gasteiger partial charge on any atom is -0.321 e. The quantitative estimate of drug-likeness (QED) is 0.443. The molecule has 3 rings (SSSR count). The molecule has 3 aromatic rings. The van der Waals surface area contributed by atoms with Crippen LogP contribution in [0.15, 0.2) is 84.4 Å². The van der Waals surface area contributed by atoms with Crippen LogP contribution in [0.5, 0.6) is 0 Å². The maximum absolute atomic E-state index is 12.8. The minimum absolute atomic E-state index is 0.0367. The molecule has 0 unspecified atom stereocenters. The van der Waals surface area contributed by atoms with E-state index in [-0.39, 0.29) is 11.3 Å². The third-order valence-corrected chi connectivity index (χ3v) is 4.14. The highest BCUT2D eigenvalue weighted by Crippen LogP contribution is 2.30. The lowest BCUT2D eigenvalue weighted by Crippen LogP contribution is -2.14. The van der Waals surface area contributed by atoms with E-state index in [1.807, 2.05) is 42.5 Å². The van der Waals surface area contributed by atoms with Crippen molar-refractivity contribution in [2.24, 2.45) is 0 Å². The summed E-state index contributed by atoms with van der Waals surface area (Å²) in [6.45, 7) is 0. The topological polar surface area (TPSA) is 52.9 Å². The molecule has 0 atom stereocenters. The van der Waals surface area contributed by atoms with Crippen LogP contribution < -0.4 is 5.32 Å². The lowest BCUT2D eigenvalue weighted by atomic mass is 10.0. The number of amides is 1. The summed E-state index contributed by atoms with van der Waals surface area (Å²) in [5, 5.41) is 11.6. The first kappa shape index (κ1) is 19.9. The number of carbonyl (C=O) groups is 1. The van der Waals surface area contributed by atoms with Crippen molar-refractivity contribution in [3.05, 3.63) is 95.6 Å². The highest BCUT2D eigenvalue weighted by molar-refractivity contribution is 6.09. The molecule has 0 aliphatic heterocycles. The number of anilines is 1. The Kier molecular flexibility index (Phi) is 5.79. The van der Waals surface area contributed by atoms with Crippen LogP contribution in [0.25, 0.3) is 17.2 Å². The van der Waals surface area contributed by atoms with E-state index in [4.69, 9.17) is 0 Å². The summed E-state index contributed by atoms with van der Waals surface area (Å²) >= 11 is 0. The van der Waals surface area contributed by atoms with Gasteiger partial charge in [0.05, 0.1) is 5.56 Å². The largest absolute Gasteiger partial charge is 0.416 e. The number of halogens is 3. The Bertz CT molecular complexity index is 1080. The maximum Gasteiger partial charge on any atom is 0.416 e. The minimum atomic E-state index is -4.52. The second-order valence-electron chi connectivity index (χ2n) is 6.19. The Morgan fingerprint density at radius 1 is 0.897 bits per heavy atom. The van der Waals surface area contributed by atoms with Crippen LogP contribution in [0, 0.1) is 11.3 Å². The number of alkyl halides is 3. The predicted octanol–water partition coefficient (Wildman–Crippen LogP) is 5.92. The Hall–Kier alpha value is -3.85. The average molecular weight is 392 g/mol. The van der Waals surface area contributed by atoms with Gasteiger partial charge in [-0.15, -0.1) is 0 Å². The number of hydrogen-bond acceptors (Lipinski definition) is 2. The first-order valence-electron chi connectivity index (χ1n) is 8.63. The zero-order valence-electron chi connectivity index (χ0n) is 15.1. The summed E-state index contributed by atoms with van der Waals surface area (Å²) in [4.78, 5) is 12.3. The van der Waals surface area contributed by atoms with Gasteiger partial charge in [0.1, 0.15) is 11.6 Å². The molecule has 3 aromatic carbocycles. The molecule has 1 amide bonds. The van der Waals surface area contributed by atoms with Gasteiger partial charge in [-0.3, -0.25) is 4.79 Å². The van der Waals surface area contributed by atoms with Crippen LogP contribution in [0.2, 0.25) is 0 Å². The van der Waals surface area contributed by atoms with Crippen LogP contribution >= 0.6 is 0 Å². The average Bonchev–Trinajstić information content (AvgIpc) is 2.72. The molecule has 0 aliphatic rings. The predicted molar refractivity (Wildman–Crippen MR) is 106 cm³/mol. The lowest BCUT2D eigenvalue weighted by molar-refractivity contribution is -0.137. The molecule has 0 bridgehead atoms. The number of carbonyl (C=O) groups excluding carboxylic acids is 1. The first-order valence-corrected chi connectivity index (χ1v) is 8.63. The van der Waals surface area contributed by atoms with Crippen molar-refractivity contribution in [2.75, 3.05) is 5.32 Å².